The van der Waals surface area contributed by atoms with Crippen LogP contribution in [0, 0.1) is 5.92 Å². The largest absolute Gasteiger partial charge is 0.0999 e. The van der Waals surface area contributed by atoms with Crippen molar-refractivity contribution in [3.63, 3.8) is 0 Å². The van der Waals surface area contributed by atoms with Gasteiger partial charge in [-0.15, -0.1) is 0 Å². The molecule has 0 N–H and O–H groups in total. The second-order valence-corrected chi connectivity index (χ2v) is 6.01. The fraction of sp³-hybridized carbons (Fsp3) is 0.524. The lowest BCUT2D eigenvalue weighted by atomic mass is 9.95. The summed E-state index contributed by atoms with van der Waals surface area (Å²) in [7, 11) is 0. The topological polar surface area (TPSA) is 0 Å². The molecule has 0 heteroatoms. The molecule has 0 aliphatic carbocycles. The van der Waals surface area contributed by atoms with E-state index in [1.807, 2.05) is 0 Å². The van der Waals surface area contributed by atoms with Crippen molar-refractivity contribution >= 4 is 0 Å². The summed E-state index contributed by atoms with van der Waals surface area (Å²) < 4.78 is 0. The van der Waals surface area contributed by atoms with Gasteiger partial charge < -0.3 is 0 Å². The molecule has 0 aromatic heterocycles. The Morgan fingerprint density at radius 3 is 2.48 bits per heavy atom. The van der Waals surface area contributed by atoms with Crippen LogP contribution in [0.3, 0.4) is 0 Å². The van der Waals surface area contributed by atoms with Gasteiger partial charge in [0.1, 0.15) is 0 Å². The number of benzene rings is 1. The smallest absolute Gasteiger partial charge is 0.0199 e. The Hall–Kier alpha value is -1.30. The highest BCUT2D eigenvalue weighted by molar-refractivity contribution is 5.24. The molecule has 0 spiro atoms. The monoisotopic (exact) mass is 284 g/mol. The number of allylic oxidation sites excluding steroid dienone is 3. The number of hydrogen-bond acceptors (Lipinski definition) is 0. The van der Waals surface area contributed by atoms with E-state index in [-0.39, 0.29) is 0 Å². The molecule has 0 saturated carbocycles. The van der Waals surface area contributed by atoms with Gasteiger partial charge in [-0.2, -0.15) is 0 Å². The minimum atomic E-state index is 0.670. The minimum absolute atomic E-state index is 0.670. The first-order chi connectivity index (χ1) is 10.2. The summed E-state index contributed by atoms with van der Waals surface area (Å²) >= 11 is 0. The van der Waals surface area contributed by atoms with Crippen LogP contribution in [0.1, 0.15) is 64.0 Å². The first kappa shape index (κ1) is 17.8. The Balaban J connectivity index is 2.42. The van der Waals surface area contributed by atoms with Gasteiger partial charge in [0, 0.05) is 0 Å². The standard InChI is InChI=1S/C21H32/c1-5-11-20-14-10-15-21(17-20)13-9-8-12-19(7-3)16-18(4)6-2/h8,10,12,14-15,17,19H,4-7,9,11,13,16H2,1-3H3/b12-8+. The van der Waals surface area contributed by atoms with Crippen molar-refractivity contribution in [1.29, 1.82) is 0 Å². The van der Waals surface area contributed by atoms with E-state index in [2.05, 4.69) is 63.8 Å². The molecule has 0 saturated heterocycles. The van der Waals surface area contributed by atoms with Crippen LogP contribution in [0.2, 0.25) is 0 Å². The number of aryl methyl sites for hydroxylation is 2. The molecule has 0 aliphatic rings. The summed E-state index contributed by atoms with van der Waals surface area (Å²) in [4.78, 5) is 0. The first-order valence-corrected chi connectivity index (χ1v) is 8.60. The lowest BCUT2D eigenvalue weighted by Gasteiger charge is -2.11. The summed E-state index contributed by atoms with van der Waals surface area (Å²) in [5.41, 5.74) is 4.32. The molecule has 0 aliphatic heterocycles. The molecule has 0 fully saturated rings. The zero-order valence-electron chi connectivity index (χ0n) is 14.2. The summed E-state index contributed by atoms with van der Waals surface area (Å²) in [5, 5.41) is 0. The molecular formula is C21H32. The van der Waals surface area contributed by atoms with Gasteiger partial charge in [0.05, 0.1) is 0 Å². The molecule has 0 bridgehead atoms. The second-order valence-electron chi connectivity index (χ2n) is 6.01. The van der Waals surface area contributed by atoms with Crippen molar-refractivity contribution < 1.29 is 0 Å². The van der Waals surface area contributed by atoms with Gasteiger partial charge in [-0.1, -0.05) is 75.8 Å². The molecule has 1 atom stereocenters. The Bertz CT molecular complexity index is 439. The van der Waals surface area contributed by atoms with E-state index in [4.69, 9.17) is 0 Å². The molecule has 116 valence electrons. The third kappa shape index (κ3) is 7.32. The van der Waals surface area contributed by atoms with Gasteiger partial charge in [0.2, 0.25) is 0 Å². The van der Waals surface area contributed by atoms with Gasteiger partial charge in [0.25, 0.3) is 0 Å². The van der Waals surface area contributed by atoms with Crippen LogP contribution in [0.15, 0.2) is 48.6 Å². The normalized spacial score (nSPS) is 12.7. The molecule has 1 aromatic carbocycles. The molecule has 1 aromatic rings. The zero-order valence-corrected chi connectivity index (χ0v) is 14.2. The molecule has 0 radical (unpaired) electrons. The van der Waals surface area contributed by atoms with Crippen molar-refractivity contribution in [1.82, 2.24) is 0 Å². The van der Waals surface area contributed by atoms with Gasteiger partial charge >= 0.3 is 0 Å². The highest BCUT2D eigenvalue weighted by Crippen LogP contribution is 2.18. The highest BCUT2D eigenvalue weighted by atomic mass is 14.1. The van der Waals surface area contributed by atoms with E-state index in [0.29, 0.717) is 5.92 Å². The van der Waals surface area contributed by atoms with Crippen molar-refractivity contribution in [3.05, 3.63) is 59.7 Å². The Morgan fingerprint density at radius 2 is 1.86 bits per heavy atom. The first-order valence-electron chi connectivity index (χ1n) is 8.60. The molecular weight excluding hydrogens is 252 g/mol. The van der Waals surface area contributed by atoms with E-state index < -0.39 is 0 Å². The average molecular weight is 284 g/mol. The minimum Gasteiger partial charge on any atom is -0.0999 e. The highest BCUT2D eigenvalue weighted by Gasteiger charge is 2.03. The lowest BCUT2D eigenvalue weighted by molar-refractivity contribution is 0.610. The van der Waals surface area contributed by atoms with Crippen LogP contribution in [-0.4, -0.2) is 0 Å². The van der Waals surface area contributed by atoms with Crippen molar-refractivity contribution in [2.45, 2.75) is 65.7 Å². The number of hydrogen-bond donors (Lipinski definition) is 0. The molecule has 21 heavy (non-hydrogen) atoms. The molecule has 0 nitrogen and oxygen atoms in total. The van der Waals surface area contributed by atoms with Crippen LogP contribution in [0.25, 0.3) is 0 Å². The Labute approximate surface area is 132 Å². The predicted octanol–water partition coefficient (Wildman–Crippen LogP) is 6.51. The van der Waals surface area contributed by atoms with Crippen LogP contribution < -0.4 is 0 Å². The van der Waals surface area contributed by atoms with Crippen LogP contribution >= 0.6 is 0 Å². The van der Waals surface area contributed by atoms with E-state index in [1.54, 1.807) is 0 Å². The fourth-order valence-electron chi connectivity index (χ4n) is 2.63. The summed E-state index contributed by atoms with van der Waals surface area (Å²) in [6.07, 6.45) is 12.9. The van der Waals surface area contributed by atoms with Gasteiger partial charge in [-0.25, -0.2) is 0 Å². The maximum absolute atomic E-state index is 4.13. The van der Waals surface area contributed by atoms with Crippen LogP contribution in [-0.2, 0) is 12.8 Å². The summed E-state index contributed by atoms with van der Waals surface area (Å²) in [5.74, 6) is 0.670. The predicted molar refractivity (Wildman–Crippen MR) is 95.7 cm³/mol. The van der Waals surface area contributed by atoms with Gasteiger partial charge in [-0.3, -0.25) is 0 Å². The van der Waals surface area contributed by atoms with Crippen LogP contribution in [0.5, 0.6) is 0 Å². The van der Waals surface area contributed by atoms with Crippen molar-refractivity contribution in [3.8, 4) is 0 Å². The Morgan fingerprint density at radius 1 is 1.14 bits per heavy atom. The van der Waals surface area contributed by atoms with Crippen molar-refractivity contribution in [2.24, 2.45) is 5.92 Å². The van der Waals surface area contributed by atoms with Crippen molar-refractivity contribution in [2.75, 3.05) is 0 Å². The maximum atomic E-state index is 4.13. The average Bonchev–Trinajstić information content (AvgIpc) is 2.50. The van der Waals surface area contributed by atoms with E-state index in [1.165, 1.54) is 36.0 Å². The lowest BCUT2D eigenvalue weighted by Crippen LogP contribution is -1.96. The second kappa shape index (κ2) is 10.4. The van der Waals surface area contributed by atoms with Gasteiger partial charge in [0.15, 0.2) is 0 Å². The summed E-state index contributed by atoms with van der Waals surface area (Å²) in [6, 6.07) is 9.06. The Kier molecular flexibility index (Phi) is 8.82. The molecule has 1 rings (SSSR count). The van der Waals surface area contributed by atoms with E-state index >= 15 is 0 Å². The SMILES string of the molecule is C=C(CC)CC(/C=C/CCc1cccc(CCC)c1)CC. The fourth-order valence-corrected chi connectivity index (χ4v) is 2.63. The quantitative estimate of drug-likeness (QED) is 0.430. The van der Waals surface area contributed by atoms with Gasteiger partial charge in [-0.05, 0) is 55.6 Å². The summed E-state index contributed by atoms with van der Waals surface area (Å²) in [6.45, 7) is 10.8. The maximum Gasteiger partial charge on any atom is -0.0199 e. The third-order valence-corrected chi connectivity index (χ3v) is 4.11. The van der Waals surface area contributed by atoms with E-state index in [0.717, 1.165) is 25.7 Å². The van der Waals surface area contributed by atoms with E-state index in [9.17, 15) is 0 Å². The zero-order chi connectivity index (χ0) is 15.5. The number of rotatable bonds is 10. The third-order valence-electron chi connectivity index (χ3n) is 4.11. The van der Waals surface area contributed by atoms with Crippen LogP contribution in [0.4, 0.5) is 0 Å². The molecule has 1 unspecified atom stereocenters. The molecule has 0 heterocycles. The molecule has 0 amide bonds.